The zero-order chi connectivity index (χ0) is 17.8. The maximum Gasteiger partial charge on any atom is 0.341 e. The van der Waals surface area contributed by atoms with Crippen LogP contribution in [0.15, 0.2) is 18.5 Å². The number of H-pyrrole nitrogens is 1. The predicted molar refractivity (Wildman–Crippen MR) is 98.6 cm³/mol. The molecule has 3 saturated carbocycles. The van der Waals surface area contributed by atoms with Crippen molar-refractivity contribution in [1.82, 2.24) is 9.97 Å². The fraction of sp³-hybridized carbons (Fsp3) is 0.600. The van der Waals surface area contributed by atoms with Gasteiger partial charge < -0.3 is 15.0 Å². The predicted octanol–water partition coefficient (Wildman–Crippen LogP) is 4.22. The summed E-state index contributed by atoms with van der Waals surface area (Å²) in [4.78, 5) is 19.9. The molecule has 0 unspecified atom stereocenters. The minimum absolute atomic E-state index is 0.311. The number of carbonyl (C=O) groups is 1. The molecule has 134 valence electrons. The van der Waals surface area contributed by atoms with Gasteiger partial charge in [-0.05, 0) is 49.0 Å². The van der Waals surface area contributed by atoms with Crippen molar-refractivity contribution in [3.63, 3.8) is 0 Å². The molecule has 0 amide bonds. The molecular weight excluding hydrogens is 314 g/mol. The molecule has 2 N–H and O–H groups in total. The van der Waals surface area contributed by atoms with Crippen molar-refractivity contribution in [2.45, 2.75) is 46.6 Å². The average Bonchev–Trinajstić information content (AvgIpc) is 3.05. The molecule has 5 heteroatoms. The van der Waals surface area contributed by atoms with Gasteiger partial charge in [0.1, 0.15) is 11.2 Å². The molecule has 3 fully saturated rings. The first-order valence-electron chi connectivity index (χ1n) is 9.33. The molecule has 0 aromatic carbocycles. The molecule has 3 aliphatic carbocycles. The lowest BCUT2D eigenvalue weighted by molar-refractivity contribution is -0.105. The topological polar surface area (TPSA) is 67.0 Å². The van der Waals surface area contributed by atoms with Gasteiger partial charge in [-0.2, -0.15) is 0 Å². The van der Waals surface area contributed by atoms with Gasteiger partial charge in [-0.15, -0.1) is 0 Å². The number of nitrogens with zero attached hydrogens (tertiary/aromatic N) is 1. The van der Waals surface area contributed by atoms with E-state index in [1.165, 1.54) is 6.42 Å². The highest BCUT2D eigenvalue weighted by molar-refractivity contribution is 6.04. The molecule has 5 nitrogen and oxygen atoms in total. The molecule has 0 aliphatic heterocycles. The van der Waals surface area contributed by atoms with Crippen LogP contribution in [0.1, 0.15) is 50.9 Å². The maximum atomic E-state index is 12.4. The number of aromatic amines is 1. The molecule has 3 aliphatic rings. The number of aromatic nitrogens is 2. The monoisotopic (exact) mass is 341 g/mol. The molecule has 2 bridgehead atoms. The third-order valence-corrected chi connectivity index (χ3v) is 6.77. The van der Waals surface area contributed by atoms with Crippen LogP contribution in [0.25, 0.3) is 11.0 Å². The summed E-state index contributed by atoms with van der Waals surface area (Å²) in [6, 6.07) is 2.36. The first-order valence-corrected chi connectivity index (χ1v) is 9.33. The lowest BCUT2D eigenvalue weighted by Gasteiger charge is -2.62. The number of carbonyl (C=O) groups excluding carboxylic acids is 1. The molecule has 0 spiro atoms. The van der Waals surface area contributed by atoms with Crippen LogP contribution in [0, 0.1) is 23.2 Å². The normalized spacial score (nSPS) is 29.9. The number of ether oxygens (including phenoxy) is 1. The van der Waals surface area contributed by atoms with Gasteiger partial charge in [0.05, 0.1) is 12.3 Å². The molecule has 2 aromatic heterocycles. The van der Waals surface area contributed by atoms with Crippen LogP contribution in [-0.4, -0.2) is 28.6 Å². The van der Waals surface area contributed by atoms with Gasteiger partial charge in [0.2, 0.25) is 0 Å². The number of anilines is 1. The molecule has 2 aromatic rings. The van der Waals surface area contributed by atoms with Crippen molar-refractivity contribution in [2.24, 2.45) is 23.2 Å². The minimum atomic E-state index is -0.311. The Kier molecular flexibility index (Phi) is 3.78. The highest BCUT2D eigenvalue weighted by atomic mass is 16.5. The standard InChI is InChI=1S/C20H27N3O2/c1-5-25-19(24)14-10-22-18-13(6-7-21-18)17(14)23-16-9-12-8-15(11(16)2)20(12,3)4/h6-7,10-12,15-16H,5,8-9H2,1-4H3,(H2,21,22,23)/t11-,12-,15+,16-/m0/s1. The second-order valence-corrected chi connectivity index (χ2v) is 8.21. The van der Waals surface area contributed by atoms with Gasteiger partial charge >= 0.3 is 5.97 Å². The van der Waals surface area contributed by atoms with Crippen LogP contribution in [-0.2, 0) is 4.74 Å². The van der Waals surface area contributed by atoms with Crippen LogP contribution in [0.5, 0.6) is 0 Å². The summed E-state index contributed by atoms with van der Waals surface area (Å²) in [5, 5.41) is 4.66. The maximum absolute atomic E-state index is 12.4. The smallest absolute Gasteiger partial charge is 0.341 e. The summed E-state index contributed by atoms with van der Waals surface area (Å²) in [6.45, 7) is 9.34. The number of pyridine rings is 1. The van der Waals surface area contributed by atoms with E-state index in [1.807, 2.05) is 19.2 Å². The summed E-state index contributed by atoms with van der Waals surface area (Å²) < 4.78 is 5.24. The first-order chi connectivity index (χ1) is 11.9. The quantitative estimate of drug-likeness (QED) is 0.817. The fourth-order valence-corrected chi connectivity index (χ4v) is 5.05. The summed E-state index contributed by atoms with van der Waals surface area (Å²) in [7, 11) is 0. The lowest BCUT2D eigenvalue weighted by atomic mass is 9.45. The van der Waals surface area contributed by atoms with Crippen LogP contribution in [0.3, 0.4) is 0 Å². The SMILES string of the molecule is CCOC(=O)c1cnc2[nH]ccc2c1N[C@H]1C[C@@H]2C[C@H]([C@@H]1C)C2(C)C. The number of nitrogens with one attached hydrogen (secondary N) is 2. The van der Waals surface area contributed by atoms with Crippen molar-refractivity contribution >= 4 is 22.7 Å². The Morgan fingerprint density at radius 3 is 2.92 bits per heavy atom. The van der Waals surface area contributed by atoms with Crippen molar-refractivity contribution < 1.29 is 9.53 Å². The second-order valence-electron chi connectivity index (χ2n) is 8.21. The Balaban J connectivity index is 1.68. The van der Waals surface area contributed by atoms with E-state index in [9.17, 15) is 4.79 Å². The Hall–Kier alpha value is -2.04. The zero-order valence-corrected chi connectivity index (χ0v) is 15.4. The van der Waals surface area contributed by atoms with Crippen LogP contribution in [0.2, 0.25) is 0 Å². The molecule has 4 atom stereocenters. The number of fused-ring (bicyclic) bond motifs is 3. The van der Waals surface area contributed by atoms with E-state index in [-0.39, 0.29) is 5.97 Å². The molecule has 0 saturated heterocycles. The Morgan fingerprint density at radius 1 is 1.44 bits per heavy atom. The van der Waals surface area contributed by atoms with E-state index >= 15 is 0 Å². The highest BCUT2D eigenvalue weighted by Crippen LogP contribution is 2.61. The Morgan fingerprint density at radius 2 is 2.24 bits per heavy atom. The Bertz CT molecular complexity index is 810. The minimum Gasteiger partial charge on any atom is -0.462 e. The van der Waals surface area contributed by atoms with Crippen molar-refractivity contribution in [2.75, 3.05) is 11.9 Å². The van der Waals surface area contributed by atoms with E-state index in [0.29, 0.717) is 29.5 Å². The largest absolute Gasteiger partial charge is 0.462 e. The molecular formula is C20H27N3O2. The van der Waals surface area contributed by atoms with E-state index in [4.69, 9.17) is 4.74 Å². The fourth-order valence-electron chi connectivity index (χ4n) is 5.05. The highest BCUT2D eigenvalue weighted by Gasteiger charge is 2.56. The number of esters is 1. The van der Waals surface area contributed by atoms with E-state index in [1.54, 1.807) is 6.20 Å². The van der Waals surface area contributed by atoms with Gasteiger partial charge in [0.25, 0.3) is 0 Å². The lowest BCUT2D eigenvalue weighted by Crippen LogP contribution is -2.58. The number of hydrogen-bond donors (Lipinski definition) is 2. The summed E-state index contributed by atoms with van der Waals surface area (Å²) >= 11 is 0. The second kappa shape index (κ2) is 5.75. The van der Waals surface area contributed by atoms with E-state index < -0.39 is 0 Å². The van der Waals surface area contributed by atoms with Gasteiger partial charge in [-0.25, -0.2) is 9.78 Å². The van der Waals surface area contributed by atoms with Gasteiger partial charge in [-0.1, -0.05) is 20.8 Å². The third-order valence-electron chi connectivity index (χ3n) is 6.77. The summed E-state index contributed by atoms with van der Waals surface area (Å²) in [5.41, 5.74) is 2.63. The van der Waals surface area contributed by atoms with Gasteiger partial charge in [0, 0.05) is 23.8 Å². The van der Waals surface area contributed by atoms with Crippen molar-refractivity contribution in [1.29, 1.82) is 0 Å². The molecule has 5 rings (SSSR count). The average molecular weight is 341 g/mol. The molecule has 2 heterocycles. The summed E-state index contributed by atoms with van der Waals surface area (Å²) in [5.74, 6) is 1.78. The molecule has 0 radical (unpaired) electrons. The number of rotatable bonds is 4. The van der Waals surface area contributed by atoms with Gasteiger partial charge in [-0.3, -0.25) is 0 Å². The zero-order valence-electron chi connectivity index (χ0n) is 15.4. The van der Waals surface area contributed by atoms with Crippen LogP contribution >= 0.6 is 0 Å². The summed E-state index contributed by atoms with van der Waals surface area (Å²) in [6.07, 6.45) is 5.98. The van der Waals surface area contributed by atoms with Crippen molar-refractivity contribution in [3.05, 3.63) is 24.0 Å². The van der Waals surface area contributed by atoms with Crippen LogP contribution in [0.4, 0.5) is 5.69 Å². The molecule has 25 heavy (non-hydrogen) atoms. The first kappa shape index (κ1) is 16.4. The van der Waals surface area contributed by atoms with Crippen molar-refractivity contribution in [3.8, 4) is 0 Å². The van der Waals surface area contributed by atoms with E-state index in [2.05, 4.69) is 36.1 Å². The van der Waals surface area contributed by atoms with Crippen LogP contribution < -0.4 is 5.32 Å². The van der Waals surface area contributed by atoms with E-state index in [0.717, 1.165) is 35.0 Å². The Labute approximate surface area is 148 Å². The number of hydrogen-bond acceptors (Lipinski definition) is 4. The van der Waals surface area contributed by atoms with Gasteiger partial charge in [0.15, 0.2) is 0 Å². The third kappa shape index (κ3) is 2.43.